The second-order valence-electron chi connectivity index (χ2n) is 6.66. The number of nitrogens with one attached hydrogen (secondary N) is 1. The Kier molecular flexibility index (Phi) is 4.82. The zero-order valence-corrected chi connectivity index (χ0v) is 15.0. The first-order valence-electron chi connectivity index (χ1n) is 9.13. The van der Waals surface area contributed by atoms with E-state index >= 15 is 0 Å². The first kappa shape index (κ1) is 17.2. The smallest absolute Gasteiger partial charge is 0.275 e. The minimum atomic E-state index is -0.160. The first-order valence-corrected chi connectivity index (χ1v) is 9.13. The van der Waals surface area contributed by atoms with Gasteiger partial charge in [-0.3, -0.25) is 19.3 Å². The lowest BCUT2D eigenvalue weighted by Gasteiger charge is -2.13. The van der Waals surface area contributed by atoms with Crippen molar-refractivity contribution >= 4 is 22.7 Å². The maximum atomic E-state index is 12.8. The lowest BCUT2D eigenvalue weighted by atomic mass is 10.2. The van der Waals surface area contributed by atoms with Gasteiger partial charge in [0.2, 0.25) is 5.91 Å². The van der Waals surface area contributed by atoms with Crippen LogP contribution in [-0.2, 0) is 17.9 Å². The maximum Gasteiger partial charge on any atom is 0.275 e. The highest BCUT2D eigenvalue weighted by atomic mass is 16.2. The summed E-state index contributed by atoms with van der Waals surface area (Å²) < 4.78 is 1.61. The molecule has 0 atom stereocenters. The highest BCUT2D eigenvalue weighted by Crippen LogP contribution is 2.21. The van der Waals surface area contributed by atoms with Crippen molar-refractivity contribution in [2.45, 2.75) is 25.9 Å². The van der Waals surface area contributed by atoms with Crippen molar-refractivity contribution in [3.05, 3.63) is 60.0 Å². The van der Waals surface area contributed by atoms with Crippen molar-refractivity contribution in [2.24, 2.45) is 0 Å². The van der Waals surface area contributed by atoms with E-state index in [0.29, 0.717) is 12.2 Å². The highest BCUT2D eigenvalue weighted by Gasteiger charge is 2.25. The Bertz CT molecular complexity index is 961. The van der Waals surface area contributed by atoms with Gasteiger partial charge in [0.15, 0.2) is 5.69 Å². The van der Waals surface area contributed by atoms with Crippen molar-refractivity contribution in [1.29, 1.82) is 0 Å². The van der Waals surface area contributed by atoms with E-state index in [1.54, 1.807) is 17.1 Å². The molecule has 1 N–H and O–H groups in total. The Labute approximate surface area is 157 Å². The van der Waals surface area contributed by atoms with Gasteiger partial charge in [0.25, 0.3) is 5.91 Å². The van der Waals surface area contributed by atoms with Crippen LogP contribution in [0.3, 0.4) is 0 Å². The van der Waals surface area contributed by atoms with Gasteiger partial charge in [-0.2, -0.15) is 5.10 Å². The molecule has 0 aliphatic carbocycles. The molecular weight excluding hydrogens is 342 g/mol. The Morgan fingerprint density at radius 3 is 2.67 bits per heavy atom. The molecule has 1 aliphatic heterocycles. The highest BCUT2D eigenvalue weighted by molar-refractivity contribution is 6.05. The Hall–Kier alpha value is -3.22. The SMILES string of the molecule is O=C(Cn1nc(C(=O)N2CCCC2)c2ccccc21)NCc1cccnc1. The Balaban J connectivity index is 1.53. The molecule has 7 nitrogen and oxygen atoms in total. The molecule has 7 heteroatoms. The summed E-state index contributed by atoms with van der Waals surface area (Å²) in [6, 6.07) is 11.3. The number of para-hydroxylation sites is 1. The molecule has 4 rings (SSSR count). The third kappa shape index (κ3) is 3.67. The van der Waals surface area contributed by atoms with Crippen LogP contribution in [0.2, 0.25) is 0 Å². The summed E-state index contributed by atoms with van der Waals surface area (Å²) in [5.41, 5.74) is 2.14. The summed E-state index contributed by atoms with van der Waals surface area (Å²) in [6.45, 7) is 2.01. The van der Waals surface area contributed by atoms with E-state index in [0.717, 1.165) is 42.4 Å². The van der Waals surface area contributed by atoms with E-state index in [9.17, 15) is 9.59 Å². The molecule has 2 aromatic heterocycles. The number of hydrogen-bond acceptors (Lipinski definition) is 4. The number of benzene rings is 1. The van der Waals surface area contributed by atoms with Gasteiger partial charge in [-0.25, -0.2) is 0 Å². The van der Waals surface area contributed by atoms with Crippen molar-refractivity contribution in [2.75, 3.05) is 13.1 Å². The topological polar surface area (TPSA) is 80.1 Å². The third-order valence-electron chi connectivity index (χ3n) is 4.76. The fourth-order valence-corrected chi connectivity index (χ4v) is 3.37. The number of fused-ring (bicyclic) bond motifs is 1. The predicted octanol–water partition coefficient (Wildman–Crippen LogP) is 1.98. The number of likely N-dealkylation sites (tertiary alicyclic amines) is 1. The molecule has 1 fully saturated rings. The van der Waals surface area contributed by atoms with Crippen LogP contribution >= 0.6 is 0 Å². The molecule has 0 radical (unpaired) electrons. The van der Waals surface area contributed by atoms with Crippen molar-refractivity contribution in [3.63, 3.8) is 0 Å². The summed E-state index contributed by atoms with van der Waals surface area (Å²) in [4.78, 5) is 31.1. The molecule has 1 aliphatic rings. The zero-order valence-electron chi connectivity index (χ0n) is 15.0. The van der Waals surface area contributed by atoms with Gasteiger partial charge < -0.3 is 10.2 Å². The molecule has 3 heterocycles. The molecule has 0 unspecified atom stereocenters. The van der Waals surface area contributed by atoms with Gasteiger partial charge in [0.1, 0.15) is 6.54 Å². The van der Waals surface area contributed by atoms with E-state index in [4.69, 9.17) is 0 Å². The summed E-state index contributed by atoms with van der Waals surface area (Å²) in [6.07, 6.45) is 5.47. The third-order valence-corrected chi connectivity index (χ3v) is 4.76. The standard InChI is InChI=1S/C20H21N5O2/c26-18(22-13-15-6-5-9-21-12-15)14-25-17-8-2-1-7-16(17)19(23-25)20(27)24-10-3-4-11-24/h1-2,5-9,12H,3-4,10-11,13-14H2,(H,22,26). The molecule has 1 aromatic carbocycles. The Morgan fingerprint density at radius 1 is 1.07 bits per heavy atom. The number of rotatable bonds is 5. The van der Waals surface area contributed by atoms with Crippen LogP contribution in [0.4, 0.5) is 0 Å². The first-order chi connectivity index (χ1) is 13.2. The van der Waals surface area contributed by atoms with Gasteiger partial charge in [-0.15, -0.1) is 0 Å². The van der Waals surface area contributed by atoms with Crippen LogP contribution in [0.15, 0.2) is 48.8 Å². The normalized spacial score (nSPS) is 13.9. The number of pyridine rings is 1. The fourth-order valence-electron chi connectivity index (χ4n) is 3.37. The molecular formula is C20H21N5O2. The second kappa shape index (κ2) is 7.57. The van der Waals surface area contributed by atoms with Crippen molar-refractivity contribution in [1.82, 2.24) is 25.0 Å². The maximum absolute atomic E-state index is 12.8. The van der Waals surface area contributed by atoms with Crippen LogP contribution in [0.1, 0.15) is 28.9 Å². The van der Waals surface area contributed by atoms with Gasteiger partial charge in [0, 0.05) is 37.4 Å². The summed E-state index contributed by atoms with van der Waals surface area (Å²) in [5, 5.41) is 8.14. The van der Waals surface area contributed by atoms with Crippen LogP contribution < -0.4 is 5.32 Å². The second-order valence-corrected chi connectivity index (χ2v) is 6.66. The largest absolute Gasteiger partial charge is 0.350 e. The van der Waals surface area contributed by atoms with Gasteiger partial charge >= 0.3 is 0 Å². The molecule has 1 saturated heterocycles. The number of amides is 2. The van der Waals surface area contributed by atoms with Crippen molar-refractivity contribution in [3.8, 4) is 0 Å². The lowest BCUT2D eigenvalue weighted by molar-refractivity contribution is -0.121. The van der Waals surface area contributed by atoms with E-state index in [1.807, 2.05) is 41.3 Å². The molecule has 138 valence electrons. The van der Waals surface area contributed by atoms with Crippen molar-refractivity contribution < 1.29 is 9.59 Å². The van der Waals surface area contributed by atoms with Gasteiger partial charge in [-0.1, -0.05) is 24.3 Å². The summed E-state index contributed by atoms with van der Waals surface area (Å²) in [7, 11) is 0. The quantitative estimate of drug-likeness (QED) is 0.752. The van der Waals surface area contributed by atoms with Gasteiger partial charge in [-0.05, 0) is 30.5 Å². The molecule has 2 amide bonds. The minimum Gasteiger partial charge on any atom is -0.350 e. The average Bonchev–Trinajstić information content (AvgIpc) is 3.36. The number of carbonyl (C=O) groups excluding carboxylic acids is 2. The lowest BCUT2D eigenvalue weighted by Crippen LogP contribution is -2.29. The van der Waals surface area contributed by atoms with Crippen LogP contribution in [0, 0.1) is 0 Å². The monoisotopic (exact) mass is 363 g/mol. The average molecular weight is 363 g/mol. The molecule has 0 bridgehead atoms. The molecule has 0 saturated carbocycles. The zero-order chi connectivity index (χ0) is 18.6. The van der Waals surface area contributed by atoms with Crippen LogP contribution in [-0.4, -0.2) is 44.6 Å². The van der Waals surface area contributed by atoms with E-state index < -0.39 is 0 Å². The van der Waals surface area contributed by atoms with E-state index in [1.165, 1.54) is 0 Å². The molecule has 27 heavy (non-hydrogen) atoms. The van der Waals surface area contributed by atoms with Crippen LogP contribution in [0.5, 0.6) is 0 Å². The summed E-state index contributed by atoms with van der Waals surface area (Å²) in [5.74, 6) is -0.217. The minimum absolute atomic E-state index is 0.0572. The molecule has 0 spiro atoms. The predicted molar refractivity (Wildman–Crippen MR) is 101 cm³/mol. The number of aromatic nitrogens is 3. The van der Waals surface area contributed by atoms with E-state index in [2.05, 4.69) is 15.4 Å². The van der Waals surface area contributed by atoms with Gasteiger partial charge in [0.05, 0.1) is 5.52 Å². The van der Waals surface area contributed by atoms with Crippen LogP contribution in [0.25, 0.3) is 10.9 Å². The van der Waals surface area contributed by atoms with E-state index in [-0.39, 0.29) is 18.4 Å². The number of nitrogens with zero attached hydrogens (tertiary/aromatic N) is 4. The Morgan fingerprint density at radius 2 is 1.89 bits per heavy atom. The number of hydrogen-bond donors (Lipinski definition) is 1. The fraction of sp³-hybridized carbons (Fsp3) is 0.300. The molecule has 3 aromatic rings. The summed E-state index contributed by atoms with van der Waals surface area (Å²) >= 11 is 0. The number of carbonyl (C=O) groups is 2.